The molecule has 2 heterocycles. The highest BCUT2D eigenvalue weighted by Crippen LogP contribution is 2.32. The smallest absolute Gasteiger partial charge is 0.176 e. The van der Waals surface area contributed by atoms with Gasteiger partial charge in [0.05, 0.1) is 0 Å². The molecule has 100 valence electrons. The summed E-state index contributed by atoms with van der Waals surface area (Å²) < 4.78 is 1.99. The Hall–Kier alpha value is -1.18. The van der Waals surface area contributed by atoms with Crippen molar-refractivity contribution in [1.29, 1.82) is 0 Å². The van der Waals surface area contributed by atoms with Gasteiger partial charge in [-0.2, -0.15) is 0 Å². The van der Waals surface area contributed by atoms with Crippen molar-refractivity contribution >= 4 is 39.3 Å². The van der Waals surface area contributed by atoms with Crippen LogP contribution >= 0.6 is 23.1 Å². The Labute approximate surface area is 119 Å². The molecule has 2 N–H and O–H groups in total. The predicted octanol–water partition coefficient (Wildman–Crippen LogP) is 2.16. The van der Waals surface area contributed by atoms with Crippen LogP contribution in [-0.4, -0.2) is 39.0 Å². The Bertz CT molecular complexity index is 613. The van der Waals surface area contributed by atoms with Crippen molar-refractivity contribution in [2.24, 2.45) is 5.92 Å². The van der Waals surface area contributed by atoms with Gasteiger partial charge in [0.2, 0.25) is 0 Å². The number of fused-ring (bicyclic) bond motifs is 1. The maximum atomic E-state index is 9.14. The van der Waals surface area contributed by atoms with Crippen molar-refractivity contribution in [2.75, 3.05) is 18.2 Å². The first kappa shape index (κ1) is 12.8. The minimum atomic E-state index is 0.199. The molecule has 0 saturated carbocycles. The highest BCUT2D eigenvalue weighted by atomic mass is 32.2. The van der Waals surface area contributed by atoms with Gasteiger partial charge in [-0.05, 0) is 12.7 Å². The molecule has 0 bridgehead atoms. The molecule has 19 heavy (non-hydrogen) atoms. The van der Waals surface area contributed by atoms with E-state index in [9.17, 15) is 0 Å². The van der Waals surface area contributed by atoms with Gasteiger partial charge in [-0.1, -0.05) is 23.9 Å². The fraction of sp³-hybridized carbons (Fsp3) is 0.417. The predicted molar refractivity (Wildman–Crippen MR) is 78.7 cm³/mol. The van der Waals surface area contributed by atoms with E-state index in [1.807, 2.05) is 6.26 Å². The van der Waals surface area contributed by atoms with E-state index >= 15 is 0 Å². The molecule has 0 aliphatic heterocycles. The molecule has 1 aliphatic rings. The normalized spacial score (nSPS) is 22.2. The maximum Gasteiger partial charge on any atom is 0.176 e. The number of aliphatic hydroxyl groups is 1. The molecule has 7 heteroatoms. The Kier molecular flexibility index (Phi) is 3.67. The van der Waals surface area contributed by atoms with E-state index in [0.717, 1.165) is 26.9 Å². The van der Waals surface area contributed by atoms with Crippen molar-refractivity contribution in [3.8, 4) is 0 Å². The number of hydrogen-bond acceptors (Lipinski definition) is 7. The lowest BCUT2D eigenvalue weighted by Gasteiger charge is -2.13. The van der Waals surface area contributed by atoms with E-state index in [2.05, 4.69) is 32.4 Å². The third-order valence-corrected chi connectivity index (χ3v) is 5.11. The summed E-state index contributed by atoms with van der Waals surface area (Å²) in [6.07, 6.45) is 8.58. The maximum absolute atomic E-state index is 9.14. The molecule has 0 saturated heterocycles. The SMILES string of the molecule is CSc1nc2ncnc(N[C@H]3C=C[C@@H](CO)C3)c2s1. The highest BCUT2D eigenvalue weighted by Gasteiger charge is 2.20. The number of rotatable bonds is 4. The fourth-order valence-electron chi connectivity index (χ4n) is 2.12. The molecule has 0 unspecified atom stereocenters. The van der Waals surface area contributed by atoms with E-state index in [1.165, 1.54) is 6.33 Å². The second-order valence-corrected chi connectivity index (χ2v) is 6.43. The zero-order valence-corrected chi connectivity index (χ0v) is 12.0. The van der Waals surface area contributed by atoms with E-state index in [0.29, 0.717) is 0 Å². The molecule has 3 rings (SSSR count). The van der Waals surface area contributed by atoms with Crippen molar-refractivity contribution in [3.05, 3.63) is 18.5 Å². The van der Waals surface area contributed by atoms with Crippen LogP contribution in [0, 0.1) is 5.92 Å². The van der Waals surface area contributed by atoms with Crippen molar-refractivity contribution in [3.63, 3.8) is 0 Å². The van der Waals surface area contributed by atoms with Crippen LogP contribution in [0.3, 0.4) is 0 Å². The van der Waals surface area contributed by atoms with Crippen LogP contribution in [0.15, 0.2) is 22.8 Å². The van der Waals surface area contributed by atoms with Crippen LogP contribution in [0.25, 0.3) is 10.3 Å². The van der Waals surface area contributed by atoms with Crippen LogP contribution in [0.2, 0.25) is 0 Å². The van der Waals surface area contributed by atoms with Crippen LogP contribution in [-0.2, 0) is 0 Å². The Morgan fingerprint density at radius 2 is 2.37 bits per heavy atom. The van der Waals surface area contributed by atoms with Gasteiger partial charge in [0.15, 0.2) is 9.99 Å². The summed E-state index contributed by atoms with van der Waals surface area (Å²) in [6, 6.07) is 0.218. The van der Waals surface area contributed by atoms with E-state index in [4.69, 9.17) is 5.11 Å². The van der Waals surface area contributed by atoms with Gasteiger partial charge >= 0.3 is 0 Å². The van der Waals surface area contributed by atoms with Gasteiger partial charge < -0.3 is 10.4 Å². The third kappa shape index (κ3) is 2.58. The van der Waals surface area contributed by atoms with Gasteiger partial charge in [0.25, 0.3) is 0 Å². The lowest BCUT2D eigenvalue weighted by molar-refractivity contribution is 0.250. The van der Waals surface area contributed by atoms with E-state index in [-0.39, 0.29) is 18.6 Å². The molecule has 5 nitrogen and oxygen atoms in total. The summed E-state index contributed by atoms with van der Waals surface area (Å²) in [5.74, 6) is 1.08. The fourth-order valence-corrected chi connectivity index (χ4v) is 3.58. The summed E-state index contributed by atoms with van der Waals surface area (Å²) >= 11 is 3.22. The number of thioether (sulfide) groups is 1. The monoisotopic (exact) mass is 294 g/mol. The van der Waals surface area contributed by atoms with E-state index < -0.39 is 0 Å². The summed E-state index contributed by atoms with van der Waals surface area (Å²) in [7, 11) is 0. The average molecular weight is 294 g/mol. The third-order valence-electron chi connectivity index (χ3n) is 3.08. The van der Waals surface area contributed by atoms with Crippen LogP contribution < -0.4 is 5.32 Å². The van der Waals surface area contributed by atoms with Crippen molar-refractivity contribution < 1.29 is 5.11 Å². The summed E-state index contributed by atoms with van der Waals surface area (Å²) in [5.41, 5.74) is 0.743. The first-order valence-electron chi connectivity index (χ1n) is 6.01. The van der Waals surface area contributed by atoms with Gasteiger partial charge in [-0.3, -0.25) is 0 Å². The van der Waals surface area contributed by atoms with Gasteiger partial charge in [-0.15, -0.1) is 11.3 Å². The molecule has 2 aromatic rings. The number of hydrogen-bond donors (Lipinski definition) is 2. The van der Waals surface area contributed by atoms with E-state index in [1.54, 1.807) is 23.1 Å². The molecule has 0 aromatic carbocycles. The molecule has 0 radical (unpaired) electrons. The Balaban J connectivity index is 1.85. The molecular weight excluding hydrogens is 280 g/mol. The van der Waals surface area contributed by atoms with Gasteiger partial charge in [0.1, 0.15) is 16.8 Å². The van der Waals surface area contributed by atoms with Crippen molar-refractivity contribution in [2.45, 2.75) is 16.8 Å². The summed E-state index contributed by atoms with van der Waals surface area (Å²) in [4.78, 5) is 12.9. The molecule has 0 fully saturated rings. The number of thiazole rings is 1. The van der Waals surface area contributed by atoms with Crippen LogP contribution in [0.1, 0.15) is 6.42 Å². The Morgan fingerprint density at radius 1 is 1.47 bits per heavy atom. The standard InChI is InChI=1S/C12H14N4OS2/c1-18-12-16-11-9(19-12)10(13-6-14-11)15-8-3-2-7(4-8)5-17/h2-3,6-8,17H,4-5H2,1H3,(H,13,14,15)/t7-,8+/m1/s1. The largest absolute Gasteiger partial charge is 0.396 e. The quantitative estimate of drug-likeness (QED) is 0.665. The Morgan fingerprint density at radius 3 is 3.11 bits per heavy atom. The molecule has 0 spiro atoms. The molecule has 2 atom stereocenters. The zero-order chi connectivity index (χ0) is 13.2. The first-order valence-corrected chi connectivity index (χ1v) is 8.05. The lowest BCUT2D eigenvalue weighted by Crippen LogP contribution is -2.17. The molecular formula is C12H14N4OS2. The first-order chi connectivity index (χ1) is 9.30. The molecule has 1 aliphatic carbocycles. The number of anilines is 1. The minimum Gasteiger partial charge on any atom is -0.396 e. The zero-order valence-electron chi connectivity index (χ0n) is 10.4. The number of nitrogens with one attached hydrogen (secondary N) is 1. The van der Waals surface area contributed by atoms with Crippen molar-refractivity contribution in [1.82, 2.24) is 15.0 Å². The molecule has 0 amide bonds. The number of nitrogens with zero attached hydrogens (tertiary/aromatic N) is 3. The van der Waals surface area contributed by atoms with Crippen LogP contribution in [0.5, 0.6) is 0 Å². The molecule has 2 aromatic heterocycles. The van der Waals surface area contributed by atoms with Crippen LogP contribution in [0.4, 0.5) is 5.82 Å². The highest BCUT2D eigenvalue weighted by molar-refractivity contribution is 8.00. The average Bonchev–Trinajstić information content (AvgIpc) is 3.05. The van der Waals surface area contributed by atoms with Gasteiger partial charge in [0, 0.05) is 18.6 Å². The minimum absolute atomic E-state index is 0.199. The summed E-state index contributed by atoms with van der Waals surface area (Å²) in [5, 5.41) is 12.5. The number of aliphatic hydroxyl groups excluding tert-OH is 1. The topological polar surface area (TPSA) is 70.9 Å². The lowest BCUT2D eigenvalue weighted by atomic mass is 10.1. The number of aromatic nitrogens is 3. The summed E-state index contributed by atoms with van der Waals surface area (Å²) in [6.45, 7) is 0.199. The second kappa shape index (κ2) is 5.44. The van der Waals surface area contributed by atoms with Gasteiger partial charge in [-0.25, -0.2) is 15.0 Å². The second-order valence-electron chi connectivity index (χ2n) is 4.37.